The molecule has 4 N–H and O–H groups in total. The average molecular weight is 307 g/mol. The molecule has 0 unspecified atom stereocenters. The van der Waals surface area contributed by atoms with Gasteiger partial charge in [-0.3, -0.25) is 4.79 Å². The molecule has 0 aromatic heterocycles. The van der Waals surface area contributed by atoms with Crippen LogP contribution in [-0.4, -0.2) is 30.7 Å². The minimum Gasteiger partial charge on any atom is -0.444 e. The lowest BCUT2D eigenvalue weighted by Crippen LogP contribution is -2.34. The van der Waals surface area contributed by atoms with E-state index in [9.17, 15) is 9.59 Å². The molecule has 0 aliphatic rings. The van der Waals surface area contributed by atoms with Crippen molar-refractivity contribution < 1.29 is 14.3 Å². The van der Waals surface area contributed by atoms with Crippen LogP contribution in [0.3, 0.4) is 0 Å². The van der Waals surface area contributed by atoms with E-state index in [2.05, 4.69) is 10.6 Å². The van der Waals surface area contributed by atoms with E-state index in [1.54, 1.807) is 18.2 Å². The lowest BCUT2D eigenvalue weighted by Gasteiger charge is -2.19. The van der Waals surface area contributed by atoms with Gasteiger partial charge >= 0.3 is 6.09 Å². The Bertz CT molecular complexity index is 510. The number of alkyl carbamates (subject to hydrolysis) is 1. The van der Waals surface area contributed by atoms with Gasteiger partial charge in [0.2, 0.25) is 0 Å². The fourth-order valence-corrected chi connectivity index (χ4v) is 1.74. The third-order valence-electron chi connectivity index (χ3n) is 2.73. The maximum atomic E-state index is 11.9. The highest BCUT2D eigenvalue weighted by Crippen LogP contribution is 2.06. The Kier molecular flexibility index (Phi) is 6.85. The van der Waals surface area contributed by atoms with E-state index in [-0.39, 0.29) is 5.91 Å². The zero-order chi connectivity index (χ0) is 16.6. The van der Waals surface area contributed by atoms with Crippen LogP contribution in [0.4, 0.5) is 4.79 Å². The molecule has 122 valence electrons. The summed E-state index contributed by atoms with van der Waals surface area (Å²) in [5.74, 6) is -0.146. The largest absolute Gasteiger partial charge is 0.444 e. The predicted molar refractivity (Wildman–Crippen MR) is 85.5 cm³/mol. The van der Waals surface area contributed by atoms with E-state index in [0.717, 1.165) is 5.56 Å². The van der Waals surface area contributed by atoms with Gasteiger partial charge in [0.15, 0.2) is 0 Å². The van der Waals surface area contributed by atoms with Crippen molar-refractivity contribution in [1.82, 2.24) is 10.6 Å². The van der Waals surface area contributed by atoms with E-state index in [4.69, 9.17) is 10.5 Å². The van der Waals surface area contributed by atoms with Gasteiger partial charge in [-0.1, -0.05) is 12.1 Å². The molecule has 6 heteroatoms. The fraction of sp³-hybridized carbons (Fsp3) is 0.500. The van der Waals surface area contributed by atoms with Crippen molar-refractivity contribution >= 4 is 12.0 Å². The van der Waals surface area contributed by atoms with Gasteiger partial charge in [-0.25, -0.2) is 4.79 Å². The summed E-state index contributed by atoms with van der Waals surface area (Å²) in [6, 6.07) is 7.20. The quantitative estimate of drug-likeness (QED) is 0.698. The van der Waals surface area contributed by atoms with Crippen LogP contribution < -0.4 is 16.4 Å². The first-order chi connectivity index (χ1) is 10.3. The monoisotopic (exact) mass is 307 g/mol. The minimum absolute atomic E-state index is 0.146. The van der Waals surface area contributed by atoms with Gasteiger partial charge in [0.05, 0.1) is 0 Å². The summed E-state index contributed by atoms with van der Waals surface area (Å²) in [6.07, 6.45) is 0.177. The van der Waals surface area contributed by atoms with E-state index < -0.39 is 11.7 Å². The fourth-order valence-electron chi connectivity index (χ4n) is 1.74. The van der Waals surface area contributed by atoms with Crippen molar-refractivity contribution in [3.05, 3.63) is 35.4 Å². The number of benzene rings is 1. The molecule has 0 aliphatic heterocycles. The van der Waals surface area contributed by atoms with Crippen molar-refractivity contribution in [2.75, 3.05) is 13.1 Å². The molecule has 22 heavy (non-hydrogen) atoms. The summed E-state index contributed by atoms with van der Waals surface area (Å²) in [6.45, 7) is 6.74. The number of carbonyl (C=O) groups is 2. The summed E-state index contributed by atoms with van der Waals surface area (Å²) in [7, 11) is 0. The molecule has 0 radical (unpaired) electrons. The molecular weight excluding hydrogens is 282 g/mol. The Morgan fingerprint density at radius 1 is 1.18 bits per heavy atom. The summed E-state index contributed by atoms with van der Waals surface area (Å²) in [5.41, 5.74) is 6.54. The average Bonchev–Trinajstić information content (AvgIpc) is 2.45. The molecule has 0 spiro atoms. The number of rotatable bonds is 6. The Hall–Kier alpha value is -2.08. The molecule has 2 amide bonds. The smallest absolute Gasteiger partial charge is 0.407 e. The van der Waals surface area contributed by atoms with Crippen molar-refractivity contribution in [2.24, 2.45) is 5.73 Å². The third-order valence-corrected chi connectivity index (χ3v) is 2.73. The minimum atomic E-state index is -0.508. The van der Waals surface area contributed by atoms with Crippen molar-refractivity contribution in [1.29, 1.82) is 0 Å². The van der Waals surface area contributed by atoms with Gasteiger partial charge in [0.25, 0.3) is 5.91 Å². The number of hydrogen-bond donors (Lipinski definition) is 3. The van der Waals surface area contributed by atoms with E-state index in [1.807, 2.05) is 26.8 Å². The van der Waals surface area contributed by atoms with Gasteiger partial charge in [-0.05, 0) is 44.9 Å². The van der Waals surface area contributed by atoms with Crippen LogP contribution in [-0.2, 0) is 11.3 Å². The third kappa shape index (κ3) is 7.08. The van der Waals surface area contributed by atoms with Crippen molar-refractivity contribution in [3.8, 4) is 0 Å². The van der Waals surface area contributed by atoms with Crippen LogP contribution in [0.5, 0.6) is 0 Å². The highest BCUT2D eigenvalue weighted by molar-refractivity contribution is 5.94. The molecule has 0 heterocycles. The van der Waals surface area contributed by atoms with E-state index in [1.165, 1.54) is 0 Å². The molecular formula is C16H25N3O3. The van der Waals surface area contributed by atoms with Crippen molar-refractivity contribution in [3.63, 3.8) is 0 Å². The van der Waals surface area contributed by atoms with Crippen LogP contribution in [0.25, 0.3) is 0 Å². The van der Waals surface area contributed by atoms with Crippen molar-refractivity contribution in [2.45, 2.75) is 39.3 Å². The molecule has 0 aliphatic carbocycles. The number of amides is 2. The first-order valence-electron chi connectivity index (χ1n) is 7.36. The molecule has 0 bridgehead atoms. The zero-order valence-corrected chi connectivity index (χ0v) is 13.4. The maximum Gasteiger partial charge on any atom is 0.407 e. The second-order valence-electron chi connectivity index (χ2n) is 5.94. The standard InChI is InChI=1S/C16H25N3O3/c1-16(2,3)22-15(21)19-9-5-8-18-14(20)13-7-4-6-12(10-13)11-17/h4,6-7,10H,5,8-9,11,17H2,1-3H3,(H,18,20)(H,19,21). The molecule has 1 aromatic rings. The number of nitrogens with one attached hydrogen (secondary N) is 2. The Morgan fingerprint density at radius 2 is 1.86 bits per heavy atom. The molecule has 0 saturated carbocycles. The maximum absolute atomic E-state index is 11.9. The molecule has 1 aromatic carbocycles. The van der Waals surface area contributed by atoms with E-state index >= 15 is 0 Å². The number of hydrogen-bond acceptors (Lipinski definition) is 4. The Morgan fingerprint density at radius 3 is 2.50 bits per heavy atom. The van der Waals surface area contributed by atoms with Gasteiger partial charge in [0, 0.05) is 25.2 Å². The van der Waals surface area contributed by atoms with Crippen LogP contribution in [0.1, 0.15) is 43.1 Å². The number of carbonyl (C=O) groups excluding carboxylic acids is 2. The second kappa shape index (κ2) is 8.38. The first-order valence-corrected chi connectivity index (χ1v) is 7.36. The van der Waals surface area contributed by atoms with Crippen LogP contribution in [0.15, 0.2) is 24.3 Å². The Labute approximate surface area is 131 Å². The molecule has 0 atom stereocenters. The summed E-state index contributed by atoms with van der Waals surface area (Å²) in [4.78, 5) is 23.3. The van der Waals surface area contributed by atoms with Gasteiger partial charge in [-0.15, -0.1) is 0 Å². The van der Waals surface area contributed by atoms with Gasteiger partial charge < -0.3 is 21.1 Å². The molecule has 1 rings (SSSR count). The lowest BCUT2D eigenvalue weighted by molar-refractivity contribution is 0.0527. The highest BCUT2D eigenvalue weighted by Gasteiger charge is 2.15. The van der Waals surface area contributed by atoms with Crippen LogP contribution >= 0.6 is 0 Å². The normalized spacial score (nSPS) is 10.9. The lowest BCUT2D eigenvalue weighted by atomic mass is 10.1. The summed E-state index contributed by atoms with van der Waals surface area (Å²) >= 11 is 0. The number of nitrogens with two attached hydrogens (primary N) is 1. The Balaban J connectivity index is 2.24. The van der Waals surface area contributed by atoms with E-state index in [0.29, 0.717) is 31.6 Å². The van der Waals surface area contributed by atoms with Crippen LogP contribution in [0.2, 0.25) is 0 Å². The van der Waals surface area contributed by atoms with Gasteiger partial charge in [-0.2, -0.15) is 0 Å². The topological polar surface area (TPSA) is 93.5 Å². The molecule has 0 fully saturated rings. The second-order valence-corrected chi connectivity index (χ2v) is 5.94. The van der Waals surface area contributed by atoms with Gasteiger partial charge in [0.1, 0.15) is 5.60 Å². The zero-order valence-electron chi connectivity index (χ0n) is 13.4. The number of ether oxygens (including phenoxy) is 1. The molecule has 0 saturated heterocycles. The first kappa shape index (κ1) is 18.0. The SMILES string of the molecule is CC(C)(C)OC(=O)NCCCNC(=O)c1cccc(CN)c1. The summed E-state index contributed by atoms with van der Waals surface area (Å²) in [5, 5.41) is 5.44. The molecule has 6 nitrogen and oxygen atoms in total. The highest BCUT2D eigenvalue weighted by atomic mass is 16.6. The van der Waals surface area contributed by atoms with Crippen LogP contribution in [0, 0.1) is 0 Å². The summed E-state index contributed by atoms with van der Waals surface area (Å²) < 4.78 is 5.11. The predicted octanol–water partition coefficient (Wildman–Crippen LogP) is 1.79.